The summed E-state index contributed by atoms with van der Waals surface area (Å²) in [5.41, 5.74) is -2.51. The van der Waals surface area contributed by atoms with E-state index in [0.29, 0.717) is 32.1 Å². The predicted octanol–water partition coefficient (Wildman–Crippen LogP) is -5.16. The average Bonchev–Trinajstić information content (AvgIpc) is 1.67. The lowest BCUT2D eigenvalue weighted by Crippen LogP contribution is -2.65. The van der Waals surface area contributed by atoms with Crippen molar-refractivity contribution in [2.75, 3.05) is 46.2 Å². The van der Waals surface area contributed by atoms with Crippen LogP contribution < -0.4 is 0 Å². The Balaban J connectivity index is 0.961. The first-order chi connectivity index (χ1) is 41.7. The molecule has 4 saturated heterocycles. The summed E-state index contributed by atoms with van der Waals surface area (Å²) in [5, 5.41) is 203. The summed E-state index contributed by atoms with van der Waals surface area (Å²) in [6.07, 6.45) is -33.8. The Bertz CT molecular complexity index is 2270. The molecule has 33 atom stereocenters. The molecule has 7 fully saturated rings. The Hall–Kier alpha value is -1.42. The molecular weight excluding hydrogens is 1180 g/mol. The van der Waals surface area contributed by atoms with Crippen LogP contribution in [-0.2, 0) is 47.4 Å². The molecule has 8 rings (SSSR count). The van der Waals surface area contributed by atoms with Gasteiger partial charge in [0.15, 0.2) is 31.5 Å². The second-order valence-corrected chi connectivity index (χ2v) is 28.3. The summed E-state index contributed by atoms with van der Waals surface area (Å²) in [6, 6.07) is 0. The van der Waals surface area contributed by atoms with Gasteiger partial charge in [-0.25, -0.2) is 0 Å². The third-order valence-corrected chi connectivity index (χ3v) is 22.3. The molecule has 0 bridgehead atoms. The van der Waals surface area contributed by atoms with Crippen LogP contribution in [0.25, 0.3) is 0 Å². The Kier molecular flexibility index (Phi) is 24.0. The van der Waals surface area contributed by atoms with Crippen LogP contribution in [0.3, 0.4) is 0 Å². The van der Waals surface area contributed by atoms with E-state index < -0.39 is 228 Å². The van der Waals surface area contributed by atoms with Crippen molar-refractivity contribution in [3.63, 3.8) is 0 Å². The first-order valence-corrected chi connectivity index (χ1v) is 31.5. The number of aliphatic hydroxyl groups excluding tert-OH is 18. The highest BCUT2D eigenvalue weighted by Gasteiger charge is 2.70. The van der Waals surface area contributed by atoms with E-state index in [1.807, 2.05) is 13.8 Å². The van der Waals surface area contributed by atoms with Crippen LogP contribution in [0, 0.1) is 45.3 Å². The highest BCUT2D eigenvalue weighted by atomic mass is 16.8. The van der Waals surface area contributed by atoms with Crippen molar-refractivity contribution in [3.05, 3.63) is 11.6 Å². The van der Waals surface area contributed by atoms with E-state index in [1.165, 1.54) is 13.8 Å². The second-order valence-electron chi connectivity index (χ2n) is 28.3. The number of hydrogen-bond donors (Lipinski definition) is 19. The van der Waals surface area contributed by atoms with Crippen molar-refractivity contribution in [2.24, 2.45) is 45.3 Å². The first kappa shape index (κ1) is 73.4. The lowest BCUT2D eigenvalue weighted by Gasteiger charge is -2.67. The van der Waals surface area contributed by atoms with Gasteiger partial charge in [0.25, 0.3) is 0 Å². The van der Waals surface area contributed by atoms with Gasteiger partial charge in [0, 0.05) is 10.8 Å². The summed E-state index contributed by atoms with van der Waals surface area (Å²) in [7, 11) is 0. The first-order valence-electron chi connectivity index (χ1n) is 31.5. The molecular formula is C60H104O29. The number of rotatable bonds is 25. The fourth-order valence-electron chi connectivity index (χ4n) is 16.5. The fourth-order valence-corrected chi connectivity index (χ4v) is 16.5. The standard InChI is InChI=1S/C60H104O29/c1-25(9-13-38(57(4,5)79)88-55-50(89-54-49(78)45(74)41(70)33(22-65)85-54)46(75)42(71)34(86-55)24-81-53-48(77)44(73)40(69)32(21-64)84-53)27-15-16-58(6)35-12-10-28-29(60(35,8)36(67)17-59(27,58)7)11-14-37(56(28,2)3)87-51(30(66)19-62)82-26(18-61)23-80-52-47(76)43(72)39(68)31(20-63)83-52/h10,25-27,29-55,61-79H,9,11-24H2,1-8H3. The van der Waals surface area contributed by atoms with Crippen LogP contribution in [0.1, 0.15) is 107 Å². The topological polar surface area (TPSA) is 477 Å². The lowest BCUT2D eigenvalue weighted by molar-refractivity contribution is -0.380. The minimum atomic E-state index is -1.96. The van der Waals surface area contributed by atoms with Crippen molar-refractivity contribution < 1.29 is 144 Å². The third kappa shape index (κ3) is 14.1. The average molecular weight is 1290 g/mol. The minimum absolute atomic E-state index is 0.0280. The van der Waals surface area contributed by atoms with Gasteiger partial charge in [0.05, 0.1) is 70.2 Å². The fraction of sp³-hybridized carbons (Fsp3) is 0.967. The quantitative estimate of drug-likeness (QED) is 0.0300. The maximum Gasteiger partial charge on any atom is 0.187 e. The molecule has 4 heterocycles. The molecule has 8 aliphatic rings. The van der Waals surface area contributed by atoms with Gasteiger partial charge in [-0.3, -0.25) is 0 Å². The molecule has 19 N–H and O–H groups in total. The van der Waals surface area contributed by atoms with E-state index in [1.54, 1.807) is 0 Å². The zero-order valence-electron chi connectivity index (χ0n) is 52.1. The van der Waals surface area contributed by atoms with E-state index in [4.69, 9.17) is 47.4 Å². The number of hydrogen-bond acceptors (Lipinski definition) is 29. The summed E-state index contributed by atoms with van der Waals surface area (Å²) in [5.74, 6) is -0.0284. The highest BCUT2D eigenvalue weighted by Crippen LogP contribution is 2.75. The van der Waals surface area contributed by atoms with Crippen molar-refractivity contribution in [1.82, 2.24) is 0 Å². The summed E-state index contributed by atoms with van der Waals surface area (Å²) in [6.45, 7) is 11.2. The molecule has 0 amide bonds. The zero-order chi connectivity index (χ0) is 65.8. The molecule has 0 aromatic carbocycles. The molecule has 29 heteroatoms. The predicted molar refractivity (Wildman–Crippen MR) is 302 cm³/mol. The maximum absolute atomic E-state index is 12.8. The van der Waals surface area contributed by atoms with Gasteiger partial charge in [-0.05, 0) is 99.7 Å². The normalized spacial score (nSPS) is 47.7. The SMILES string of the molecule is CC(CCC(OC1OC(COC2OC(CO)C(O)C(O)C2O)C(O)C(O)C1OC1OC(CO)C(O)C(O)C1O)C(C)(C)O)C1CCC2(C)C3CC=C4C(CCC(OC(OC(CO)COC5OC(CO)C(O)C(O)C5O)C(O)CO)C4(C)C)C3(C)C(O)CC12C. The Labute approximate surface area is 518 Å². The van der Waals surface area contributed by atoms with Crippen molar-refractivity contribution >= 4 is 0 Å². The minimum Gasteiger partial charge on any atom is -0.394 e. The number of fused-ring (bicyclic) bond motifs is 5. The molecule has 0 radical (unpaired) electrons. The Morgan fingerprint density at radius 2 is 1.12 bits per heavy atom. The number of allylic oxidation sites excluding steroid dienone is 1. The van der Waals surface area contributed by atoms with Gasteiger partial charge < -0.3 is 144 Å². The van der Waals surface area contributed by atoms with Gasteiger partial charge >= 0.3 is 0 Å². The molecule has 0 spiro atoms. The second kappa shape index (κ2) is 29.1. The molecule has 4 aliphatic heterocycles. The largest absolute Gasteiger partial charge is 0.394 e. The number of ether oxygens (including phenoxy) is 10. The van der Waals surface area contributed by atoms with E-state index in [-0.39, 0.29) is 35.5 Å². The maximum atomic E-state index is 12.8. The molecule has 518 valence electrons. The molecule has 4 aliphatic carbocycles. The van der Waals surface area contributed by atoms with Crippen LogP contribution in [0.15, 0.2) is 11.6 Å². The lowest BCUT2D eigenvalue weighted by atomic mass is 9.38. The van der Waals surface area contributed by atoms with Gasteiger partial charge in [-0.2, -0.15) is 0 Å². The monoisotopic (exact) mass is 1290 g/mol. The van der Waals surface area contributed by atoms with Gasteiger partial charge in [0.1, 0.15) is 110 Å². The van der Waals surface area contributed by atoms with Gasteiger partial charge in [-0.1, -0.05) is 53.2 Å². The molecule has 0 aromatic rings. The van der Waals surface area contributed by atoms with Crippen LogP contribution in [0.4, 0.5) is 0 Å². The van der Waals surface area contributed by atoms with Crippen molar-refractivity contribution in [1.29, 1.82) is 0 Å². The molecule has 0 aromatic heterocycles. The molecule has 89 heavy (non-hydrogen) atoms. The van der Waals surface area contributed by atoms with Gasteiger partial charge in [0.2, 0.25) is 0 Å². The Morgan fingerprint density at radius 3 is 1.66 bits per heavy atom. The van der Waals surface area contributed by atoms with Crippen LogP contribution in [0.2, 0.25) is 0 Å². The van der Waals surface area contributed by atoms with E-state index in [0.717, 1.165) is 18.4 Å². The van der Waals surface area contributed by atoms with Crippen LogP contribution in [-0.4, -0.2) is 309 Å². The number of aliphatic hydroxyl groups is 19. The highest BCUT2D eigenvalue weighted by molar-refractivity contribution is 5.32. The Morgan fingerprint density at radius 1 is 0.596 bits per heavy atom. The third-order valence-electron chi connectivity index (χ3n) is 22.3. The zero-order valence-corrected chi connectivity index (χ0v) is 52.1. The molecule has 29 nitrogen and oxygen atoms in total. The van der Waals surface area contributed by atoms with Crippen LogP contribution >= 0.6 is 0 Å². The van der Waals surface area contributed by atoms with Crippen molar-refractivity contribution in [2.45, 2.75) is 272 Å². The smallest absolute Gasteiger partial charge is 0.187 e. The van der Waals surface area contributed by atoms with Gasteiger partial charge in [-0.15, -0.1) is 0 Å². The van der Waals surface area contributed by atoms with E-state index >= 15 is 0 Å². The van der Waals surface area contributed by atoms with Crippen molar-refractivity contribution in [3.8, 4) is 0 Å². The summed E-state index contributed by atoms with van der Waals surface area (Å²) >= 11 is 0. The molecule has 3 saturated carbocycles. The summed E-state index contributed by atoms with van der Waals surface area (Å²) in [4.78, 5) is 0. The van der Waals surface area contributed by atoms with E-state index in [2.05, 4.69) is 33.8 Å². The molecule has 33 unspecified atom stereocenters. The van der Waals surface area contributed by atoms with Crippen LogP contribution in [0.5, 0.6) is 0 Å². The summed E-state index contributed by atoms with van der Waals surface area (Å²) < 4.78 is 59.3. The van der Waals surface area contributed by atoms with E-state index in [9.17, 15) is 97.0 Å².